The van der Waals surface area contributed by atoms with Crippen LogP contribution in [-0.2, 0) is 28.5 Å². The van der Waals surface area contributed by atoms with Crippen LogP contribution in [0.3, 0.4) is 0 Å². The average Bonchev–Trinajstić information content (AvgIpc) is 3.83. The van der Waals surface area contributed by atoms with E-state index in [1.54, 1.807) is 0 Å². The third kappa shape index (κ3) is 28.5. The zero-order valence-electron chi connectivity index (χ0n) is 40.6. The zero-order chi connectivity index (χ0) is 45.0. The van der Waals surface area contributed by atoms with Gasteiger partial charge in [-0.1, -0.05) is 175 Å². The quantitative estimate of drug-likeness (QED) is 0.0399. The van der Waals surface area contributed by atoms with Gasteiger partial charge in [-0.2, -0.15) is 0 Å². The molecule has 0 spiro atoms. The molecule has 0 radical (unpaired) electrons. The van der Waals surface area contributed by atoms with Gasteiger partial charge in [0.25, 0.3) is 0 Å². The molecule has 62 heavy (non-hydrogen) atoms. The van der Waals surface area contributed by atoms with E-state index in [4.69, 9.17) is 18.9 Å². The van der Waals surface area contributed by atoms with Crippen LogP contribution in [0.15, 0.2) is 0 Å². The van der Waals surface area contributed by atoms with Crippen LogP contribution in [-0.4, -0.2) is 133 Å². The summed E-state index contributed by atoms with van der Waals surface area (Å²) in [5.41, 5.74) is 0. The molecule has 2 saturated heterocycles. The lowest BCUT2D eigenvalue weighted by Crippen LogP contribution is -2.39. The highest BCUT2D eigenvalue weighted by Gasteiger charge is 2.51. The van der Waals surface area contributed by atoms with Gasteiger partial charge in [0, 0.05) is 32.5 Å². The van der Waals surface area contributed by atoms with Crippen LogP contribution < -0.4 is 0 Å². The third-order valence-electron chi connectivity index (χ3n) is 12.9. The van der Waals surface area contributed by atoms with Crippen LogP contribution in [0.25, 0.3) is 0 Å². The summed E-state index contributed by atoms with van der Waals surface area (Å²) in [7, 11) is 1.98. The van der Waals surface area contributed by atoms with Crippen LogP contribution in [0.2, 0.25) is 0 Å². The van der Waals surface area contributed by atoms with E-state index in [0.29, 0.717) is 45.6 Å². The second-order valence-electron chi connectivity index (χ2n) is 19.1. The standard InChI is InChI=1S/C51H98N2O9/c1-5-8-11-14-17-20-23-26-31-43(54)38-52(4)36-29-34-48(57)61-46-41-59-51-47(42-60-50(46)51)62-49(58)35-30-37-53(39-44(55)32-27-24-21-18-15-12-9-6-2)40-45(56)33-28-25-22-19-16-13-10-7-3/h43-47,50-51,54-56H,5-42H2,1-4H3/t43?,44?,45?,46-,47+,50+,51?/m0/s1. The molecule has 11 heteroatoms. The van der Waals surface area contributed by atoms with Crippen molar-refractivity contribution in [3.63, 3.8) is 0 Å². The van der Waals surface area contributed by atoms with Gasteiger partial charge >= 0.3 is 11.9 Å². The summed E-state index contributed by atoms with van der Waals surface area (Å²) in [5.74, 6) is -0.624. The molecule has 4 unspecified atom stereocenters. The van der Waals surface area contributed by atoms with Crippen molar-refractivity contribution >= 4 is 11.9 Å². The fourth-order valence-electron chi connectivity index (χ4n) is 9.15. The predicted molar refractivity (Wildman–Crippen MR) is 251 cm³/mol. The van der Waals surface area contributed by atoms with Gasteiger partial charge in [0.15, 0.2) is 12.2 Å². The molecule has 0 aromatic carbocycles. The number of rotatable bonds is 43. The highest BCUT2D eigenvalue weighted by molar-refractivity contribution is 5.70. The Morgan fingerprint density at radius 2 is 0.806 bits per heavy atom. The molecule has 2 rings (SSSR count). The van der Waals surface area contributed by atoms with Crippen molar-refractivity contribution in [2.75, 3.05) is 53.0 Å². The highest BCUT2D eigenvalue weighted by atomic mass is 16.7. The lowest BCUT2D eigenvalue weighted by molar-refractivity contribution is -0.155. The SMILES string of the molecule is CCCCCCCCCCC(O)CN(C)CCCC(=O)O[C@H]1COC2[C@H](OC(=O)CCCN(CC(O)CCCCCCCCCC)CC(O)CCCCCCCCCC)CO[C@@H]21. The van der Waals surface area contributed by atoms with Crippen LogP contribution >= 0.6 is 0 Å². The van der Waals surface area contributed by atoms with E-state index >= 15 is 0 Å². The molecule has 0 bridgehead atoms. The topological polar surface area (TPSA) is 138 Å². The van der Waals surface area contributed by atoms with E-state index in [-0.39, 0.29) is 44.1 Å². The molecule has 7 atom stereocenters. The van der Waals surface area contributed by atoms with Gasteiger partial charge in [-0.3, -0.25) is 14.5 Å². The Kier molecular flexibility index (Phi) is 34.7. The second-order valence-corrected chi connectivity index (χ2v) is 19.1. The van der Waals surface area contributed by atoms with Crippen molar-refractivity contribution in [3.8, 4) is 0 Å². The molecule has 0 aromatic heterocycles. The fraction of sp³-hybridized carbons (Fsp3) is 0.961. The summed E-state index contributed by atoms with van der Waals surface area (Å²) in [6.45, 7) is 10.0. The molecule has 2 aliphatic rings. The maximum absolute atomic E-state index is 13.0. The summed E-state index contributed by atoms with van der Waals surface area (Å²) >= 11 is 0. The van der Waals surface area contributed by atoms with Gasteiger partial charge < -0.3 is 39.2 Å². The van der Waals surface area contributed by atoms with Crippen molar-refractivity contribution in [1.29, 1.82) is 0 Å². The number of likely N-dealkylation sites (N-methyl/N-ethyl adjacent to an activating group) is 1. The number of esters is 2. The maximum atomic E-state index is 13.0. The van der Waals surface area contributed by atoms with Gasteiger partial charge in [0.05, 0.1) is 31.5 Å². The molecule has 2 fully saturated rings. The number of ether oxygens (including phenoxy) is 4. The number of carbonyl (C=O) groups excluding carboxylic acids is 2. The smallest absolute Gasteiger partial charge is 0.306 e. The summed E-state index contributed by atoms with van der Waals surface area (Å²) < 4.78 is 23.5. The Balaban J connectivity index is 1.68. The van der Waals surface area contributed by atoms with E-state index in [2.05, 4.69) is 30.6 Å². The highest BCUT2D eigenvalue weighted by Crippen LogP contribution is 2.31. The van der Waals surface area contributed by atoms with Crippen molar-refractivity contribution < 1.29 is 43.9 Å². The first kappa shape index (κ1) is 56.8. The third-order valence-corrected chi connectivity index (χ3v) is 12.9. The molecule has 0 saturated carbocycles. The summed E-state index contributed by atoms with van der Waals surface area (Å²) in [4.78, 5) is 30.0. The minimum Gasteiger partial charge on any atom is -0.457 e. The van der Waals surface area contributed by atoms with Crippen molar-refractivity contribution in [3.05, 3.63) is 0 Å². The summed E-state index contributed by atoms with van der Waals surface area (Å²) in [5, 5.41) is 32.4. The molecule has 0 aliphatic carbocycles. The molecular formula is C51H98N2O9. The number of nitrogens with zero attached hydrogens (tertiary/aromatic N) is 2. The molecule has 366 valence electrons. The van der Waals surface area contributed by atoms with Gasteiger partial charge in [-0.25, -0.2) is 0 Å². The lowest BCUT2D eigenvalue weighted by Gasteiger charge is -2.27. The Bertz CT molecular complexity index is 1040. The molecule has 0 amide bonds. The van der Waals surface area contributed by atoms with Gasteiger partial charge in [-0.15, -0.1) is 0 Å². The Morgan fingerprint density at radius 3 is 1.18 bits per heavy atom. The Labute approximate surface area is 380 Å². The minimum atomic E-state index is -0.555. The van der Waals surface area contributed by atoms with Crippen molar-refractivity contribution in [1.82, 2.24) is 9.80 Å². The number of hydrogen-bond acceptors (Lipinski definition) is 11. The number of aliphatic hydroxyl groups is 3. The monoisotopic (exact) mass is 883 g/mol. The van der Waals surface area contributed by atoms with Gasteiger partial charge in [0.2, 0.25) is 0 Å². The summed E-state index contributed by atoms with van der Waals surface area (Å²) in [6.07, 6.45) is 30.4. The van der Waals surface area contributed by atoms with Crippen LogP contribution in [0.1, 0.15) is 220 Å². The number of aliphatic hydroxyl groups excluding tert-OH is 3. The molecule has 2 aliphatic heterocycles. The van der Waals surface area contributed by atoms with E-state index < -0.39 is 36.6 Å². The lowest BCUT2D eigenvalue weighted by atomic mass is 10.0. The number of hydrogen-bond donors (Lipinski definition) is 3. The molecule has 0 aromatic rings. The number of unbranched alkanes of at least 4 members (excludes halogenated alkanes) is 21. The number of carbonyl (C=O) groups is 2. The minimum absolute atomic E-state index is 0.198. The van der Waals surface area contributed by atoms with Crippen LogP contribution in [0, 0.1) is 0 Å². The first-order valence-corrected chi connectivity index (χ1v) is 26.2. The number of fused-ring (bicyclic) bond motifs is 1. The summed E-state index contributed by atoms with van der Waals surface area (Å²) in [6, 6.07) is 0. The van der Waals surface area contributed by atoms with Crippen LogP contribution in [0.4, 0.5) is 0 Å². The average molecular weight is 883 g/mol. The largest absolute Gasteiger partial charge is 0.457 e. The first-order chi connectivity index (χ1) is 30.2. The van der Waals surface area contributed by atoms with E-state index in [9.17, 15) is 24.9 Å². The Hall–Kier alpha value is -1.34. The van der Waals surface area contributed by atoms with Crippen molar-refractivity contribution in [2.45, 2.75) is 263 Å². The predicted octanol–water partition coefficient (Wildman–Crippen LogP) is 10.1. The van der Waals surface area contributed by atoms with E-state index in [1.165, 1.54) is 122 Å². The molecular weight excluding hydrogens is 785 g/mol. The van der Waals surface area contributed by atoms with E-state index in [1.807, 2.05) is 7.05 Å². The zero-order valence-corrected chi connectivity index (χ0v) is 40.6. The first-order valence-electron chi connectivity index (χ1n) is 26.2. The second kappa shape index (κ2) is 37.8. The van der Waals surface area contributed by atoms with Gasteiger partial charge in [0.1, 0.15) is 12.2 Å². The van der Waals surface area contributed by atoms with Gasteiger partial charge in [-0.05, 0) is 52.2 Å². The molecule has 11 nitrogen and oxygen atoms in total. The van der Waals surface area contributed by atoms with E-state index in [0.717, 1.165) is 51.4 Å². The van der Waals surface area contributed by atoms with Crippen LogP contribution in [0.5, 0.6) is 0 Å². The molecule has 3 N–H and O–H groups in total. The maximum Gasteiger partial charge on any atom is 0.306 e. The normalized spacial score (nSPS) is 20.2. The Morgan fingerprint density at radius 1 is 0.484 bits per heavy atom. The fourth-order valence-corrected chi connectivity index (χ4v) is 9.15. The molecule has 2 heterocycles. The van der Waals surface area contributed by atoms with Crippen molar-refractivity contribution in [2.24, 2.45) is 0 Å².